The zero-order valence-corrected chi connectivity index (χ0v) is 24.3. The number of alkyl halides is 3. The molecule has 0 unspecified atom stereocenters. The highest BCUT2D eigenvalue weighted by Gasteiger charge is 2.35. The predicted molar refractivity (Wildman–Crippen MR) is 153 cm³/mol. The maximum absolute atomic E-state index is 14.2. The van der Waals surface area contributed by atoms with Gasteiger partial charge in [-0.15, -0.1) is 0 Å². The molecule has 1 aromatic heterocycles. The largest absolute Gasteiger partial charge is 0.497 e. The van der Waals surface area contributed by atoms with E-state index in [0.717, 1.165) is 10.7 Å². The van der Waals surface area contributed by atoms with Gasteiger partial charge < -0.3 is 24.8 Å². The lowest BCUT2D eigenvalue weighted by Gasteiger charge is -2.20. The van der Waals surface area contributed by atoms with Crippen LogP contribution in [0, 0.1) is 0 Å². The van der Waals surface area contributed by atoms with Gasteiger partial charge in [-0.2, -0.15) is 23.0 Å². The molecule has 4 rings (SSSR count). The first kappa shape index (κ1) is 30.7. The molecule has 42 heavy (non-hydrogen) atoms. The number of nitrogens with zero attached hydrogens (tertiary/aromatic N) is 2. The third kappa shape index (κ3) is 7.15. The molecule has 0 fully saturated rings. The van der Waals surface area contributed by atoms with Gasteiger partial charge in [0.2, 0.25) is 0 Å². The van der Waals surface area contributed by atoms with Crippen LogP contribution in [0.5, 0.6) is 11.5 Å². The zero-order valence-electron chi connectivity index (χ0n) is 24.3. The number of hydrogen-bond acceptors (Lipinski definition) is 7. The molecule has 1 aliphatic rings. The summed E-state index contributed by atoms with van der Waals surface area (Å²) in [6.45, 7) is 5.92. The molecule has 0 atom stereocenters. The van der Waals surface area contributed by atoms with Gasteiger partial charge >= 0.3 is 12.3 Å². The third-order valence-electron chi connectivity index (χ3n) is 6.66. The number of halogens is 3. The molecule has 0 saturated carbocycles. The first-order valence-electron chi connectivity index (χ1n) is 13.6. The number of fused-ring (bicyclic) bond motifs is 1. The van der Waals surface area contributed by atoms with E-state index >= 15 is 0 Å². The first-order chi connectivity index (χ1) is 19.8. The number of anilines is 1. The number of benzene rings is 2. The average Bonchev–Trinajstić information content (AvgIpc) is 3.42. The summed E-state index contributed by atoms with van der Waals surface area (Å²) in [5, 5.41) is 10.2. The highest BCUT2D eigenvalue weighted by molar-refractivity contribution is 5.69. The average molecular weight is 589 g/mol. The highest BCUT2D eigenvalue weighted by Crippen LogP contribution is 2.37. The number of rotatable bonds is 9. The van der Waals surface area contributed by atoms with Gasteiger partial charge in [0, 0.05) is 36.0 Å². The van der Waals surface area contributed by atoms with Gasteiger partial charge in [0.05, 0.1) is 31.2 Å². The lowest BCUT2D eigenvalue weighted by Crippen LogP contribution is -2.33. The minimum absolute atomic E-state index is 0.300. The minimum Gasteiger partial charge on any atom is -0.497 e. The van der Waals surface area contributed by atoms with E-state index in [9.17, 15) is 22.8 Å². The molecule has 2 aromatic carbocycles. The zero-order chi connectivity index (χ0) is 30.7. The molecule has 0 saturated heterocycles. The lowest BCUT2D eigenvalue weighted by molar-refractivity contribution is -0.137. The number of aromatic nitrogens is 2. The van der Waals surface area contributed by atoms with E-state index in [4.69, 9.17) is 14.2 Å². The Morgan fingerprint density at radius 1 is 0.976 bits per heavy atom. The van der Waals surface area contributed by atoms with Gasteiger partial charge in [-0.1, -0.05) is 0 Å². The molecule has 0 bridgehead atoms. The Bertz CT molecular complexity index is 1490. The van der Waals surface area contributed by atoms with Gasteiger partial charge in [-0.25, -0.2) is 4.79 Å². The number of methoxy groups -OCH3 is 2. The van der Waals surface area contributed by atoms with Crippen molar-refractivity contribution in [1.82, 2.24) is 15.1 Å². The number of nitrogens with one attached hydrogen (secondary N) is 2. The van der Waals surface area contributed by atoms with Gasteiger partial charge in [0.15, 0.2) is 0 Å². The Morgan fingerprint density at radius 3 is 2.26 bits per heavy atom. The molecule has 3 aromatic rings. The lowest BCUT2D eigenvalue weighted by atomic mass is 10.0. The van der Waals surface area contributed by atoms with E-state index in [1.54, 1.807) is 39.0 Å². The standard InChI is InChI=1S/C30H35F3N4O5/c1-29(2,3)42-28(39)35-13-7-12-34-19-10-11-24(30(31,32)33)25(16-19)37-27(38)23-9-6-8-22(23)26(36-37)18-14-20(40-4)17-21(15-18)41-5/h10-11,14-17,34H,6-9,12-13H2,1-5H3,(H,35,39). The Morgan fingerprint density at radius 2 is 1.64 bits per heavy atom. The van der Waals surface area contributed by atoms with Crippen LogP contribution in [0.3, 0.4) is 0 Å². The van der Waals surface area contributed by atoms with Gasteiger partial charge in [-0.05, 0) is 82.3 Å². The Balaban J connectivity index is 1.69. The number of alkyl carbamates (subject to hydrolysis) is 1. The van der Waals surface area contributed by atoms with Gasteiger partial charge in [0.25, 0.3) is 5.56 Å². The summed E-state index contributed by atoms with van der Waals surface area (Å²) >= 11 is 0. The maximum atomic E-state index is 14.2. The topological polar surface area (TPSA) is 104 Å². The summed E-state index contributed by atoms with van der Waals surface area (Å²) in [7, 11) is 3.00. The van der Waals surface area contributed by atoms with E-state index < -0.39 is 29.0 Å². The summed E-state index contributed by atoms with van der Waals surface area (Å²) in [6.07, 6.45) is -3.09. The molecule has 2 N–H and O–H groups in total. The third-order valence-corrected chi connectivity index (χ3v) is 6.66. The van der Waals surface area contributed by atoms with Crippen molar-refractivity contribution in [2.24, 2.45) is 0 Å². The van der Waals surface area contributed by atoms with Crippen molar-refractivity contribution in [3.05, 3.63) is 63.4 Å². The second kappa shape index (κ2) is 12.3. The van der Waals surface area contributed by atoms with E-state index in [0.29, 0.717) is 78.3 Å². The monoisotopic (exact) mass is 588 g/mol. The maximum Gasteiger partial charge on any atom is 0.418 e. The summed E-state index contributed by atoms with van der Waals surface area (Å²) in [4.78, 5) is 25.4. The summed E-state index contributed by atoms with van der Waals surface area (Å²) < 4.78 is 59.4. The van der Waals surface area contributed by atoms with Crippen LogP contribution in [0.25, 0.3) is 16.9 Å². The van der Waals surface area contributed by atoms with Crippen LogP contribution in [0.15, 0.2) is 41.2 Å². The molecule has 1 amide bonds. The molecule has 1 aliphatic carbocycles. The number of hydrogen-bond donors (Lipinski definition) is 2. The van der Waals surface area contributed by atoms with Crippen LogP contribution in [0.1, 0.15) is 50.3 Å². The molecule has 226 valence electrons. The van der Waals surface area contributed by atoms with Crippen LogP contribution in [-0.4, -0.2) is 48.8 Å². The van der Waals surface area contributed by atoms with Crippen LogP contribution in [0.2, 0.25) is 0 Å². The molecule has 0 aliphatic heterocycles. The normalized spacial score (nSPS) is 13.0. The van der Waals surface area contributed by atoms with Crippen molar-refractivity contribution in [3.8, 4) is 28.4 Å². The summed E-state index contributed by atoms with van der Waals surface area (Å²) in [5.74, 6) is 0.970. The Hall–Kier alpha value is -4.22. The Labute approximate surface area is 242 Å². The number of amides is 1. The number of carbonyl (C=O) groups is 1. The van der Waals surface area contributed by atoms with Crippen molar-refractivity contribution in [2.45, 2.75) is 58.2 Å². The summed E-state index contributed by atoms with van der Waals surface area (Å²) in [6, 6.07) is 8.63. The van der Waals surface area contributed by atoms with E-state index in [1.807, 2.05) is 0 Å². The van der Waals surface area contributed by atoms with Gasteiger partial charge in [0.1, 0.15) is 17.1 Å². The molecule has 0 radical (unpaired) electrons. The molecule has 9 nitrogen and oxygen atoms in total. The van der Waals surface area contributed by atoms with Crippen molar-refractivity contribution in [1.29, 1.82) is 0 Å². The summed E-state index contributed by atoms with van der Waals surface area (Å²) in [5.41, 5.74) is -0.0667. The van der Waals surface area contributed by atoms with Crippen LogP contribution in [-0.2, 0) is 23.8 Å². The number of ether oxygens (including phenoxy) is 3. The van der Waals surface area contributed by atoms with Crippen molar-refractivity contribution in [2.75, 3.05) is 32.6 Å². The first-order valence-corrected chi connectivity index (χ1v) is 13.6. The fourth-order valence-corrected chi connectivity index (χ4v) is 4.80. The van der Waals surface area contributed by atoms with E-state index in [1.165, 1.54) is 26.4 Å². The molecule has 1 heterocycles. The van der Waals surface area contributed by atoms with Crippen molar-refractivity contribution < 1.29 is 32.2 Å². The van der Waals surface area contributed by atoms with Gasteiger partial charge in [-0.3, -0.25) is 4.79 Å². The number of carbonyl (C=O) groups excluding carboxylic acids is 1. The molecular formula is C30H35F3N4O5. The fourth-order valence-electron chi connectivity index (χ4n) is 4.80. The second-order valence-electron chi connectivity index (χ2n) is 10.9. The van der Waals surface area contributed by atoms with Crippen molar-refractivity contribution >= 4 is 11.8 Å². The molecule has 12 heteroatoms. The van der Waals surface area contributed by atoms with E-state index in [-0.39, 0.29) is 5.69 Å². The quantitative estimate of drug-likeness (QED) is 0.307. The molecule has 0 spiro atoms. The SMILES string of the molecule is COc1cc(OC)cc(-c2nn(-c3cc(NCCCNC(=O)OC(C)(C)C)ccc3C(F)(F)F)c(=O)c3c2CCC3)c1. The van der Waals surface area contributed by atoms with Crippen LogP contribution >= 0.6 is 0 Å². The fraction of sp³-hybridized carbons (Fsp3) is 0.433. The highest BCUT2D eigenvalue weighted by atomic mass is 19.4. The van der Waals surface area contributed by atoms with Crippen LogP contribution in [0.4, 0.5) is 23.7 Å². The molecular weight excluding hydrogens is 553 g/mol. The van der Waals surface area contributed by atoms with Crippen LogP contribution < -0.4 is 25.7 Å². The van der Waals surface area contributed by atoms with E-state index in [2.05, 4.69) is 15.7 Å². The second-order valence-corrected chi connectivity index (χ2v) is 10.9. The minimum atomic E-state index is -4.73. The van der Waals surface area contributed by atoms with Crippen molar-refractivity contribution in [3.63, 3.8) is 0 Å². The smallest absolute Gasteiger partial charge is 0.418 e. The predicted octanol–water partition coefficient (Wildman–Crippen LogP) is 5.75. The Kier molecular flexibility index (Phi) is 9.03.